The number of carbonyl (C=O) groups is 1. The molecule has 2 radical (unpaired) electrons. The highest BCUT2D eigenvalue weighted by atomic mass is 35.5. The van der Waals surface area contributed by atoms with Gasteiger partial charge in [-0.15, -0.1) is 0 Å². The molecular weight excluding hydrogens is 577 g/mol. The molecule has 4 aromatic rings. The SMILES string of the molecule is [B]C(=O)N1C[C@H](C)N(c2nc(=O)n(-c3c(C(C)C)ncnc3C(C)C)c3nc(-c4cc(OC)ccc4C)c(Cl)cc23)C[C@H]1C. The molecule has 2 atom stereocenters. The van der Waals surface area contributed by atoms with E-state index in [1.54, 1.807) is 18.3 Å². The zero-order valence-electron chi connectivity index (χ0n) is 26.4. The van der Waals surface area contributed by atoms with Gasteiger partial charge in [0.1, 0.15) is 17.9 Å². The number of aromatic nitrogens is 5. The van der Waals surface area contributed by atoms with Gasteiger partial charge in [-0.25, -0.2) is 24.3 Å². The van der Waals surface area contributed by atoms with Crippen molar-refractivity contribution >= 4 is 42.1 Å². The van der Waals surface area contributed by atoms with Gasteiger partial charge >= 0.3 is 5.69 Å². The summed E-state index contributed by atoms with van der Waals surface area (Å²) in [6, 6.07) is 7.15. The van der Waals surface area contributed by atoms with Gasteiger partial charge in [0, 0.05) is 30.7 Å². The fourth-order valence-corrected chi connectivity index (χ4v) is 6.16. The molecule has 1 aliphatic rings. The number of benzene rings is 1. The fraction of sp³-hybridized carbons (Fsp3) is 0.438. The Morgan fingerprint density at radius 3 is 2.27 bits per heavy atom. The lowest BCUT2D eigenvalue weighted by molar-refractivity contribution is 0.182. The lowest BCUT2D eigenvalue weighted by Gasteiger charge is -2.45. The number of nitrogens with zero attached hydrogens (tertiary/aromatic N) is 7. The Morgan fingerprint density at radius 2 is 1.68 bits per heavy atom. The molecule has 1 aromatic carbocycles. The second kappa shape index (κ2) is 12.2. The van der Waals surface area contributed by atoms with Crippen molar-refractivity contribution in [3.8, 4) is 22.7 Å². The summed E-state index contributed by atoms with van der Waals surface area (Å²) in [6.07, 6.45) is 1.54. The van der Waals surface area contributed by atoms with Gasteiger partial charge in [0.25, 0.3) is 0 Å². The minimum atomic E-state index is -0.508. The zero-order valence-corrected chi connectivity index (χ0v) is 27.2. The summed E-state index contributed by atoms with van der Waals surface area (Å²) < 4.78 is 7.04. The number of methoxy groups -OCH3 is 1. The topological polar surface area (TPSA) is 106 Å². The second-order valence-electron chi connectivity index (χ2n) is 12.1. The molecule has 10 nitrogen and oxygen atoms in total. The number of rotatable bonds is 6. The Morgan fingerprint density at radius 1 is 1.02 bits per heavy atom. The highest BCUT2D eigenvalue weighted by Gasteiger charge is 2.34. The van der Waals surface area contributed by atoms with E-state index in [0.717, 1.165) is 22.5 Å². The Balaban J connectivity index is 1.89. The van der Waals surface area contributed by atoms with Crippen LogP contribution in [-0.2, 0) is 0 Å². The summed E-state index contributed by atoms with van der Waals surface area (Å²) in [4.78, 5) is 49.1. The minimum absolute atomic E-state index is 0.0118. The predicted octanol–water partition coefficient (Wildman–Crippen LogP) is 5.64. The molecule has 5 rings (SSSR count). The molecule has 1 fully saturated rings. The third kappa shape index (κ3) is 5.53. The molecule has 1 aliphatic heterocycles. The van der Waals surface area contributed by atoms with Crippen LogP contribution >= 0.6 is 11.6 Å². The van der Waals surface area contributed by atoms with Crippen molar-refractivity contribution in [1.29, 1.82) is 0 Å². The maximum Gasteiger partial charge on any atom is 0.355 e. The smallest absolute Gasteiger partial charge is 0.355 e. The largest absolute Gasteiger partial charge is 0.497 e. The van der Waals surface area contributed by atoms with E-state index in [2.05, 4.69) is 15.0 Å². The van der Waals surface area contributed by atoms with Crippen molar-refractivity contribution in [2.75, 3.05) is 25.1 Å². The van der Waals surface area contributed by atoms with Crippen LogP contribution in [0, 0.1) is 6.92 Å². The van der Waals surface area contributed by atoms with Crippen LogP contribution in [0.3, 0.4) is 0 Å². The molecule has 12 heteroatoms. The van der Waals surface area contributed by atoms with Gasteiger partial charge in [-0.3, -0.25) is 4.79 Å². The number of carbonyl (C=O) groups excluding carboxylic acids is 1. The molecular formula is C32H37BClN7O3. The van der Waals surface area contributed by atoms with E-state index in [-0.39, 0.29) is 23.9 Å². The van der Waals surface area contributed by atoms with Crippen molar-refractivity contribution in [3.05, 3.63) is 63.1 Å². The summed E-state index contributed by atoms with van der Waals surface area (Å²) in [5.41, 5.74) is 4.13. The second-order valence-corrected chi connectivity index (χ2v) is 12.5. The number of ether oxygens (including phenoxy) is 1. The van der Waals surface area contributed by atoms with Gasteiger partial charge in [0.05, 0.1) is 40.3 Å². The lowest BCUT2D eigenvalue weighted by atomic mass is 10.0. The molecule has 0 bridgehead atoms. The van der Waals surface area contributed by atoms with Crippen LogP contribution in [0.4, 0.5) is 10.6 Å². The quantitative estimate of drug-likeness (QED) is 0.257. The number of fused-ring (bicyclic) bond motifs is 1. The molecule has 0 spiro atoms. The predicted molar refractivity (Wildman–Crippen MR) is 175 cm³/mol. The van der Waals surface area contributed by atoms with Gasteiger partial charge in [-0.05, 0) is 56.4 Å². The first-order valence-electron chi connectivity index (χ1n) is 14.8. The van der Waals surface area contributed by atoms with Gasteiger partial charge in [-0.1, -0.05) is 45.4 Å². The lowest BCUT2D eigenvalue weighted by Crippen LogP contribution is -2.58. The number of anilines is 1. The van der Waals surface area contributed by atoms with E-state index >= 15 is 0 Å². The number of pyridine rings is 1. The van der Waals surface area contributed by atoms with Crippen LogP contribution < -0.4 is 15.3 Å². The molecule has 0 unspecified atom stereocenters. The van der Waals surface area contributed by atoms with Crippen LogP contribution in [-0.4, -0.2) is 75.3 Å². The van der Waals surface area contributed by atoms with E-state index in [1.165, 1.54) is 4.57 Å². The van der Waals surface area contributed by atoms with Crippen LogP contribution in [0.1, 0.15) is 70.3 Å². The number of aryl methyl sites for hydroxylation is 1. The van der Waals surface area contributed by atoms with Crippen LogP contribution in [0.25, 0.3) is 28.0 Å². The van der Waals surface area contributed by atoms with Crippen molar-refractivity contribution in [2.24, 2.45) is 0 Å². The summed E-state index contributed by atoms with van der Waals surface area (Å²) in [5.74, 6) is 0.602. The summed E-state index contributed by atoms with van der Waals surface area (Å²) >= 11 is 7.02. The summed E-state index contributed by atoms with van der Waals surface area (Å²) in [7, 11) is 7.26. The Bertz CT molecular complexity index is 1780. The maximum atomic E-state index is 14.3. The monoisotopic (exact) mass is 613 g/mol. The summed E-state index contributed by atoms with van der Waals surface area (Å²) in [6.45, 7) is 14.8. The Hall–Kier alpha value is -3.99. The molecule has 228 valence electrons. The maximum absolute atomic E-state index is 14.3. The number of hydrogen-bond acceptors (Lipinski definition) is 8. The molecule has 4 heterocycles. The molecule has 3 aromatic heterocycles. The number of halogens is 1. The molecule has 1 amide bonds. The highest BCUT2D eigenvalue weighted by molar-refractivity contribution is 6.57. The van der Waals surface area contributed by atoms with Gasteiger partial charge in [-0.2, -0.15) is 4.98 Å². The molecule has 0 aliphatic carbocycles. The first kappa shape index (κ1) is 31.4. The van der Waals surface area contributed by atoms with E-state index < -0.39 is 11.5 Å². The standard InChI is InChI=1S/C32H37BClN7O3/c1-16(2)25-28(26(17(3)4)36-15-35-25)41-30-23(12-24(34)27(37-30)22-11-21(44-8)10-9-18(22)5)29(38-32(41)43)39-13-20(7)40(31(33)42)14-19(39)6/h9-12,15-17,19-20H,13-14H2,1-8H3/t19-,20+/m0/s1. The minimum Gasteiger partial charge on any atom is -0.497 e. The third-order valence-electron chi connectivity index (χ3n) is 8.24. The number of hydrogen-bond donors (Lipinski definition) is 0. The molecule has 1 saturated heterocycles. The highest BCUT2D eigenvalue weighted by Crippen LogP contribution is 2.38. The third-order valence-corrected chi connectivity index (χ3v) is 8.53. The van der Waals surface area contributed by atoms with Gasteiger partial charge in [0.15, 0.2) is 11.5 Å². The van der Waals surface area contributed by atoms with Crippen molar-refractivity contribution in [2.45, 2.75) is 72.4 Å². The first-order valence-corrected chi connectivity index (χ1v) is 15.2. The fourth-order valence-electron chi connectivity index (χ4n) is 5.91. The van der Waals surface area contributed by atoms with E-state index in [4.69, 9.17) is 29.2 Å². The van der Waals surface area contributed by atoms with Crippen LogP contribution in [0.15, 0.2) is 35.4 Å². The average molecular weight is 614 g/mol. The van der Waals surface area contributed by atoms with Crippen molar-refractivity contribution in [1.82, 2.24) is 29.4 Å². The van der Waals surface area contributed by atoms with Gasteiger partial charge < -0.3 is 14.5 Å². The average Bonchev–Trinajstić information content (AvgIpc) is 2.97. The van der Waals surface area contributed by atoms with E-state index in [9.17, 15) is 9.59 Å². The van der Waals surface area contributed by atoms with Crippen molar-refractivity contribution < 1.29 is 9.53 Å². The van der Waals surface area contributed by atoms with Crippen LogP contribution in [0.2, 0.25) is 5.02 Å². The normalized spacial score (nSPS) is 17.2. The number of piperazine rings is 1. The first-order chi connectivity index (χ1) is 20.8. The zero-order chi connectivity index (χ0) is 32.0. The molecule has 0 N–H and O–H groups in total. The molecule has 0 saturated carbocycles. The Kier molecular flexibility index (Phi) is 8.71. The van der Waals surface area contributed by atoms with E-state index in [0.29, 0.717) is 52.1 Å². The van der Waals surface area contributed by atoms with E-state index in [1.807, 2.05) is 77.6 Å². The Labute approximate surface area is 263 Å². The van der Waals surface area contributed by atoms with Gasteiger partial charge in [0.2, 0.25) is 7.85 Å². The van der Waals surface area contributed by atoms with Crippen LogP contribution in [0.5, 0.6) is 5.75 Å². The van der Waals surface area contributed by atoms with Crippen molar-refractivity contribution in [3.63, 3.8) is 0 Å². The summed E-state index contributed by atoms with van der Waals surface area (Å²) in [5, 5.41) is 0.995. The number of amides is 1. The molecule has 44 heavy (non-hydrogen) atoms.